The number of carboxylic acids is 1. The van der Waals surface area contributed by atoms with Gasteiger partial charge in [-0.05, 0) is 29.5 Å². The summed E-state index contributed by atoms with van der Waals surface area (Å²) in [6.45, 7) is 1.61. The molecule has 7 nitrogen and oxygen atoms in total. The van der Waals surface area contributed by atoms with Crippen LogP contribution in [0.3, 0.4) is 0 Å². The third-order valence-electron chi connectivity index (χ3n) is 4.78. The minimum atomic E-state index is -0.918. The second-order valence-electron chi connectivity index (χ2n) is 7.07. The maximum Gasteiger partial charge on any atom is 0.323 e. The van der Waals surface area contributed by atoms with Gasteiger partial charge in [0.05, 0.1) is 5.92 Å². The highest BCUT2D eigenvalue weighted by molar-refractivity contribution is 5.92. The number of imidazole rings is 1. The highest BCUT2D eigenvalue weighted by Gasteiger charge is 2.21. The van der Waals surface area contributed by atoms with Gasteiger partial charge in [-0.1, -0.05) is 61.5 Å². The van der Waals surface area contributed by atoms with Crippen LogP contribution in [0.1, 0.15) is 29.4 Å². The predicted octanol–water partition coefficient (Wildman–Crippen LogP) is 2.82. The number of nitrogens with one attached hydrogen (secondary N) is 3. The molecule has 0 radical (unpaired) electrons. The lowest BCUT2D eigenvalue weighted by atomic mass is 9.95. The number of amides is 1. The molecule has 2 aromatic carbocycles. The highest BCUT2D eigenvalue weighted by Crippen LogP contribution is 2.20. The summed E-state index contributed by atoms with van der Waals surface area (Å²) in [4.78, 5) is 39.7. The molecule has 1 aromatic heterocycles. The fourth-order valence-electron chi connectivity index (χ4n) is 3.19. The Labute approximate surface area is 167 Å². The Morgan fingerprint density at radius 3 is 2.28 bits per heavy atom. The monoisotopic (exact) mass is 393 g/mol. The molecule has 7 heteroatoms. The summed E-state index contributed by atoms with van der Waals surface area (Å²) < 4.78 is 0. The molecule has 1 heterocycles. The number of H-pyrrole nitrogens is 2. The average molecular weight is 393 g/mol. The quantitative estimate of drug-likeness (QED) is 0.471. The Hall–Kier alpha value is -3.61. The number of carboxylic acid groups (broad SMARTS) is 1. The summed E-state index contributed by atoms with van der Waals surface area (Å²) in [5, 5.41) is 12.1. The van der Waals surface area contributed by atoms with Crippen molar-refractivity contribution >= 4 is 11.9 Å². The zero-order chi connectivity index (χ0) is 20.8. The van der Waals surface area contributed by atoms with Crippen molar-refractivity contribution in [2.24, 2.45) is 5.92 Å². The predicted molar refractivity (Wildman–Crippen MR) is 110 cm³/mol. The molecule has 150 valence electrons. The lowest BCUT2D eigenvalue weighted by molar-refractivity contribution is -0.141. The van der Waals surface area contributed by atoms with Gasteiger partial charge in [-0.2, -0.15) is 0 Å². The molecule has 0 spiro atoms. The minimum absolute atomic E-state index is 0.113. The van der Waals surface area contributed by atoms with Crippen molar-refractivity contribution < 1.29 is 14.7 Å². The first kappa shape index (κ1) is 20.1. The summed E-state index contributed by atoms with van der Waals surface area (Å²) in [5.74, 6) is -1.99. The normalized spacial score (nSPS) is 12.9. The zero-order valence-corrected chi connectivity index (χ0v) is 16.0. The molecule has 29 heavy (non-hydrogen) atoms. The van der Waals surface area contributed by atoms with Gasteiger partial charge >= 0.3 is 11.7 Å². The van der Waals surface area contributed by atoms with Gasteiger partial charge in [0.1, 0.15) is 5.69 Å². The smallest absolute Gasteiger partial charge is 0.323 e. The molecule has 0 aliphatic heterocycles. The first-order valence-electron chi connectivity index (χ1n) is 9.38. The number of aromatic nitrogens is 2. The summed E-state index contributed by atoms with van der Waals surface area (Å²) >= 11 is 0. The van der Waals surface area contributed by atoms with Crippen LogP contribution in [-0.4, -0.2) is 33.0 Å². The van der Waals surface area contributed by atoms with E-state index in [0.717, 1.165) is 16.7 Å². The lowest BCUT2D eigenvalue weighted by Gasteiger charge is -2.21. The molecule has 3 rings (SSSR count). The van der Waals surface area contributed by atoms with Crippen LogP contribution in [-0.2, 0) is 11.2 Å². The van der Waals surface area contributed by atoms with Crippen LogP contribution >= 0.6 is 0 Å². The van der Waals surface area contributed by atoms with Crippen LogP contribution in [0.15, 0.2) is 65.6 Å². The Bertz CT molecular complexity index is 1020. The molecular formula is C22H23N3O4. The van der Waals surface area contributed by atoms with Crippen LogP contribution in [0.2, 0.25) is 0 Å². The molecule has 0 bridgehead atoms. The molecule has 1 unspecified atom stereocenters. The molecule has 1 amide bonds. The Kier molecular flexibility index (Phi) is 6.29. The number of hydrogen-bond acceptors (Lipinski definition) is 3. The molecule has 3 aromatic rings. The fraction of sp³-hybridized carbons (Fsp3) is 0.227. The van der Waals surface area contributed by atoms with E-state index in [9.17, 15) is 19.5 Å². The maximum atomic E-state index is 12.4. The Balaban J connectivity index is 1.74. The van der Waals surface area contributed by atoms with Crippen molar-refractivity contribution in [3.63, 3.8) is 0 Å². The van der Waals surface area contributed by atoms with Gasteiger partial charge in [-0.25, -0.2) is 4.79 Å². The van der Waals surface area contributed by atoms with E-state index < -0.39 is 29.5 Å². The molecule has 0 aliphatic rings. The lowest BCUT2D eigenvalue weighted by Crippen LogP contribution is -2.39. The van der Waals surface area contributed by atoms with E-state index in [2.05, 4.69) is 15.3 Å². The first-order valence-corrected chi connectivity index (χ1v) is 9.38. The van der Waals surface area contributed by atoms with Gasteiger partial charge in [0.15, 0.2) is 0 Å². The van der Waals surface area contributed by atoms with Crippen LogP contribution < -0.4 is 11.0 Å². The molecule has 0 aliphatic carbocycles. The van der Waals surface area contributed by atoms with Gasteiger partial charge in [0.2, 0.25) is 0 Å². The van der Waals surface area contributed by atoms with Crippen LogP contribution in [0.25, 0.3) is 11.1 Å². The number of rotatable bonds is 8. The number of hydrogen-bond donors (Lipinski definition) is 4. The van der Waals surface area contributed by atoms with Crippen LogP contribution in [0.5, 0.6) is 0 Å². The summed E-state index contributed by atoms with van der Waals surface area (Å²) in [5.41, 5.74) is 2.82. The van der Waals surface area contributed by atoms with E-state index >= 15 is 0 Å². The Morgan fingerprint density at radius 2 is 1.69 bits per heavy atom. The molecule has 2 atom stereocenters. The van der Waals surface area contributed by atoms with E-state index in [1.807, 2.05) is 54.6 Å². The summed E-state index contributed by atoms with van der Waals surface area (Å²) in [7, 11) is 0. The largest absolute Gasteiger partial charge is 0.481 e. The molecule has 0 fully saturated rings. The number of carbonyl (C=O) groups excluding carboxylic acids is 1. The third kappa shape index (κ3) is 5.44. The van der Waals surface area contributed by atoms with Gasteiger partial charge in [0.25, 0.3) is 5.91 Å². The van der Waals surface area contributed by atoms with E-state index in [1.165, 1.54) is 6.20 Å². The molecule has 4 N–H and O–H groups in total. The third-order valence-corrected chi connectivity index (χ3v) is 4.78. The average Bonchev–Trinajstić information content (AvgIpc) is 3.15. The standard InChI is InChI=1S/C22H23N3O4/c1-14(21(27)28)11-18(24-20(26)19-13-23-22(29)25-19)12-15-7-9-17(10-8-15)16-5-3-2-4-6-16/h2-10,13-14,18H,11-12H2,1H3,(H,24,26)(H,27,28)(H2,23,25,29)/t14-,18?/m1/s1. The fourth-order valence-corrected chi connectivity index (χ4v) is 3.19. The number of aliphatic carboxylic acids is 1. The van der Waals surface area contributed by atoms with Gasteiger partial charge in [-0.3, -0.25) is 9.59 Å². The molecular weight excluding hydrogens is 370 g/mol. The second kappa shape index (κ2) is 9.05. The topological polar surface area (TPSA) is 115 Å². The highest BCUT2D eigenvalue weighted by atomic mass is 16.4. The van der Waals surface area contributed by atoms with Crippen molar-refractivity contribution in [2.45, 2.75) is 25.8 Å². The first-order chi connectivity index (χ1) is 13.9. The van der Waals surface area contributed by atoms with E-state index in [1.54, 1.807) is 6.92 Å². The Morgan fingerprint density at radius 1 is 1.03 bits per heavy atom. The number of carbonyl (C=O) groups is 2. The van der Waals surface area contributed by atoms with Gasteiger partial charge < -0.3 is 20.4 Å². The molecule has 0 saturated heterocycles. The minimum Gasteiger partial charge on any atom is -0.481 e. The van der Waals surface area contributed by atoms with Crippen molar-refractivity contribution in [3.8, 4) is 11.1 Å². The van der Waals surface area contributed by atoms with Crippen LogP contribution in [0.4, 0.5) is 0 Å². The summed E-state index contributed by atoms with van der Waals surface area (Å²) in [6.07, 6.45) is 2.05. The van der Waals surface area contributed by atoms with Gasteiger partial charge in [-0.15, -0.1) is 0 Å². The van der Waals surface area contributed by atoms with Crippen molar-refractivity contribution in [1.29, 1.82) is 0 Å². The van der Waals surface area contributed by atoms with Crippen molar-refractivity contribution in [1.82, 2.24) is 15.3 Å². The second-order valence-corrected chi connectivity index (χ2v) is 7.07. The maximum absolute atomic E-state index is 12.4. The van der Waals surface area contributed by atoms with E-state index in [4.69, 9.17) is 0 Å². The SMILES string of the molecule is C[C@H](CC(Cc1ccc(-c2ccccc2)cc1)NC(=O)c1c[nH]c(=O)[nH]1)C(=O)O. The van der Waals surface area contributed by atoms with Crippen LogP contribution in [0, 0.1) is 5.92 Å². The van der Waals surface area contributed by atoms with Gasteiger partial charge in [0, 0.05) is 12.2 Å². The molecule has 0 saturated carbocycles. The van der Waals surface area contributed by atoms with E-state index in [-0.39, 0.29) is 12.1 Å². The zero-order valence-electron chi connectivity index (χ0n) is 16.0. The number of aromatic amines is 2. The van der Waals surface area contributed by atoms with Crippen molar-refractivity contribution in [3.05, 3.63) is 82.5 Å². The van der Waals surface area contributed by atoms with E-state index in [0.29, 0.717) is 6.42 Å². The van der Waals surface area contributed by atoms with Crippen molar-refractivity contribution in [2.75, 3.05) is 0 Å². The summed E-state index contributed by atoms with van der Waals surface area (Å²) in [6, 6.07) is 17.6. The number of benzene rings is 2.